The Hall–Kier alpha value is -1.42. The third kappa shape index (κ3) is 3.82. The molecule has 0 atom stereocenters. The lowest BCUT2D eigenvalue weighted by Crippen LogP contribution is -2.26. The normalized spacial score (nSPS) is 10.6. The predicted molar refractivity (Wildman–Crippen MR) is 65.1 cm³/mol. The van der Waals surface area contributed by atoms with Crippen LogP contribution in [-0.4, -0.2) is 37.9 Å². The van der Waals surface area contributed by atoms with Crippen molar-refractivity contribution >= 4 is 5.78 Å². The predicted octanol–water partition coefficient (Wildman–Crippen LogP) is 2.36. The Morgan fingerprint density at radius 2 is 2.18 bits per heavy atom. The summed E-state index contributed by atoms with van der Waals surface area (Å²) in [7, 11) is 3.27. The number of hydrogen-bond acceptors (Lipinski definition) is 3. The molecule has 0 aromatic heterocycles. The number of carbonyl (C=O) groups is 1. The molecule has 94 valence electrons. The summed E-state index contributed by atoms with van der Waals surface area (Å²) < 4.78 is 18.2. The lowest BCUT2D eigenvalue weighted by atomic mass is 10.1. The smallest absolute Gasteiger partial charge is 0.176 e. The third-order valence-corrected chi connectivity index (χ3v) is 2.49. The second-order valence-electron chi connectivity index (χ2n) is 4.01. The number of rotatable bonds is 6. The summed E-state index contributed by atoms with van der Waals surface area (Å²) in [6.07, 6.45) is 0.987. The first kappa shape index (κ1) is 13.6. The van der Waals surface area contributed by atoms with Crippen molar-refractivity contribution in [2.45, 2.75) is 13.3 Å². The Bertz CT molecular complexity index is 393. The number of benzene rings is 1. The van der Waals surface area contributed by atoms with Crippen LogP contribution in [0, 0.1) is 5.82 Å². The van der Waals surface area contributed by atoms with E-state index < -0.39 is 5.82 Å². The molecule has 0 fully saturated rings. The Labute approximate surface area is 101 Å². The Balaban J connectivity index is 2.72. The molecule has 1 aromatic rings. The van der Waals surface area contributed by atoms with Gasteiger partial charge in [-0.05, 0) is 38.2 Å². The fourth-order valence-electron chi connectivity index (χ4n) is 1.64. The first-order valence-corrected chi connectivity index (χ1v) is 5.63. The average molecular weight is 239 g/mol. The molecule has 0 heterocycles. The van der Waals surface area contributed by atoms with E-state index in [1.54, 1.807) is 6.07 Å². The molecule has 4 heteroatoms. The van der Waals surface area contributed by atoms with E-state index >= 15 is 0 Å². The molecule has 0 amide bonds. The van der Waals surface area contributed by atoms with Crippen molar-refractivity contribution in [3.05, 3.63) is 29.6 Å². The molecular formula is C13H18FNO2. The average Bonchev–Trinajstić information content (AvgIpc) is 2.29. The van der Waals surface area contributed by atoms with Crippen LogP contribution < -0.4 is 4.74 Å². The van der Waals surface area contributed by atoms with Crippen molar-refractivity contribution in [2.75, 3.05) is 27.2 Å². The number of hydrogen-bond donors (Lipinski definition) is 0. The molecule has 0 aliphatic rings. The highest BCUT2D eigenvalue weighted by Crippen LogP contribution is 2.18. The highest BCUT2D eigenvalue weighted by atomic mass is 19.1. The molecule has 0 aliphatic heterocycles. The minimum Gasteiger partial charge on any atom is -0.494 e. The zero-order valence-electron chi connectivity index (χ0n) is 10.5. The molecule has 17 heavy (non-hydrogen) atoms. The second kappa shape index (κ2) is 6.35. The summed E-state index contributed by atoms with van der Waals surface area (Å²) in [5.41, 5.74) is 0.381. The van der Waals surface area contributed by atoms with Gasteiger partial charge in [-0.1, -0.05) is 6.92 Å². The van der Waals surface area contributed by atoms with Gasteiger partial charge in [0.1, 0.15) is 0 Å². The van der Waals surface area contributed by atoms with E-state index in [1.807, 2.05) is 18.9 Å². The first-order chi connectivity index (χ1) is 8.08. The number of Topliss-reactive ketones (excluding diaryl/α,β-unsaturated/α-hetero) is 1. The monoisotopic (exact) mass is 239 g/mol. The molecule has 1 rings (SSSR count). The first-order valence-electron chi connectivity index (χ1n) is 5.63. The summed E-state index contributed by atoms with van der Waals surface area (Å²) >= 11 is 0. The molecule has 0 unspecified atom stereocenters. The Morgan fingerprint density at radius 3 is 2.71 bits per heavy atom. The molecule has 0 bridgehead atoms. The Kier molecular flexibility index (Phi) is 5.10. The zero-order chi connectivity index (χ0) is 12.8. The van der Waals surface area contributed by atoms with E-state index in [9.17, 15) is 9.18 Å². The molecular weight excluding hydrogens is 221 g/mol. The fraction of sp³-hybridized carbons (Fsp3) is 0.462. The van der Waals surface area contributed by atoms with E-state index in [1.165, 1.54) is 19.2 Å². The van der Waals surface area contributed by atoms with Gasteiger partial charge in [-0.25, -0.2) is 4.39 Å². The summed E-state index contributed by atoms with van der Waals surface area (Å²) in [6.45, 7) is 3.21. The van der Waals surface area contributed by atoms with Crippen molar-refractivity contribution in [3.63, 3.8) is 0 Å². The summed E-state index contributed by atoms with van der Waals surface area (Å²) in [6, 6.07) is 4.29. The van der Waals surface area contributed by atoms with E-state index in [2.05, 4.69) is 0 Å². The number of methoxy groups -OCH3 is 1. The van der Waals surface area contributed by atoms with Gasteiger partial charge in [0, 0.05) is 5.56 Å². The number of carbonyl (C=O) groups excluding carboxylic acids is 1. The summed E-state index contributed by atoms with van der Waals surface area (Å²) in [5, 5.41) is 0. The van der Waals surface area contributed by atoms with Gasteiger partial charge < -0.3 is 4.74 Å². The van der Waals surface area contributed by atoms with Gasteiger partial charge >= 0.3 is 0 Å². The molecule has 3 nitrogen and oxygen atoms in total. The highest BCUT2D eigenvalue weighted by molar-refractivity contribution is 5.97. The number of ether oxygens (including phenoxy) is 1. The third-order valence-electron chi connectivity index (χ3n) is 2.49. The second-order valence-corrected chi connectivity index (χ2v) is 4.01. The molecule has 0 N–H and O–H groups in total. The highest BCUT2D eigenvalue weighted by Gasteiger charge is 2.11. The van der Waals surface area contributed by atoms with Crippen LogP contribution in [0.5, 0.6) is 5.75 Å². The van der Waals surface area contributed by atoms with Crippen LogP contribution in [0.2, 0.25) is 0 Å². The lowest BCUT2D eigenvalue weighted by molar-refractivity contribution is 0.0946. The van der Waals surface area contributed by atoms with Crippen LogP contribution in [0.15, 0.2) is 18.2 Å². The minimum absolute atomic E-state index is 0.0810. The van der Waals surface area contributed by atoms with Crippen LogP contribution in [0.25, 0.3) is 0 Å². The van der Waals surface area contributed by atoms with E-state index in [-0.39, 0.29) is 11.5 Å². The number of likely N-dealkylation sites (N-methyl/N-ethyl adjacent to an activating group) is 1. The van der Waals surface area contributed by atoms with Crippen molar-refractivity contribution < 1.29 is 13.9 Å². The van der Waals surface area contributed by atoms with Crippen LogP contribution in [0.1, 0.15) is 23.7 Å². The maximum Gasteiger partial charge on any atom is 0.176 e. The van der Waals surface area contributed by atoms with Crippen molar-refractivity contribution in [3.8, 4) is 5.75 Å². The van der Waals surface area contributed by atoms with Crippen LogP contribution in [-0.2, 0) is 0 Å². The van der Waals surface area contributed by atoms with E-state index in [4.69, 9.17) is 4.74 Å². The fourth-order valence-corrected chi connectivity index (χ4v) is 1.64. The van der Waals surface area contributed by atoms with Crippen molar-refractivity contribution in [1.82, 2.24) is 4.90 Å². The van der Waals surface area contributed by atoms with E-state index in [0.717, 1.165) is 13.0 Å². The minimum atomic E-state index is -0.503. The summed E-state index contributed by atoms with van der Waals surface area (Å²) in [5.74, 6) is -0.428. The SMILES string of the molecule is CCCN(C)CC(=O)c1ccc(OC)c(F)c1. The maximum atomic E-state index is 13.4. The van der Waals surface area contributed by atoms with Gasteiger partial charge in [0.25, 0.3) is 0 Å². The standard InChI is InChI=1S/C13H18FNO2/c1-4-7-15(2)9-12(16)10-5-6-13(17-3)11(14)8-10/h5-6,8H,4,7,9H2,1-3H3. The van der Waals surface area contributed by atoms with Crippen LogP contribution in [0.3, 0.4) is 0 Å². The molecule has 0 radical (unpaired) electrons. The topological polar surface area (TPSA) is 29.5 Å². The number of ketones is 1. The van der Waals surface area contributed by atoms with Crippen molar-refractivity contribution in [1.29, 1.82) is 0 Å². The van der Waals surface area contributed by atoms with Crippen LogP contribution in [0.4, 0.5) is 4.39 Å². The molecule has 0 saturated heterocycles. The van der Waals surface area contributed by atoms with E-state index in [0.29, 0.717) is 12.1 Å². The van der Waals surface area contributed by atoms with Crippen LogP contribution >= 0.6 is 0 Å². The maximum absolute atomic E-state index is 13.4. The molecule has 0 spiro atoms. The lowest BCUT2D eigenvalue weighted by Gasteiger charge is -2.14. The van der Waals surface area contributed by atoms with Gasteiger partial charge in [-0.3, -0.25) is 9.69 Å². The Morgan fingerprint density at radius 1 is 1.47 bits per heavy atom. The summed E-state index contributed by atoms with van der Waals surface area (Å²) in [4.78, 5) is 13.8. The van der Waals surface area contributed by atoms with Gasteiger partial charge in [0.05, 0.1) is 13.7 Å². The van der Waals surface area contributed by atoms with Gasteiger partial charge in [-0.2, -0.15) is 0 Å². The number of halogens is 1. The largest absolute Gasteiger partial charge is 0.494 e. The van der Waals surface area contributed by atoms with Gasteiger partial charge in [0.2, 0.25) is 0 Å². The zero-order valence-corrected chi connectivity index (χ0v) is 10.5. The molecule has 0 aliphatic carbocycles. The quantitative estimate of drug-likeness (QED) is 0.714. The molecule has 1 aromatic carbocycles. The molecule has 0 saturated carbocycles. The van der Waals surface area contributed by atoms with Crippen molar-refractivity contribution in [2.24, 2.45) is 0 Å². The van der Waals surface area contributed by atoms with Gasteiger partial charge in [-0.15, -0.1) is 0 Å². The number of nitrogens with zero attached hydrogens (tertiary/aromatic N) is 1. The van der Waals surface area contributed by atoms with Gasteiger partial charge in [0.15, 0.2) is 17.3 Å².